The van der Waals surface area contributed by atoms with E-state index >= 15 is 0 Å². The Labute approximate surface area is 99.9 Å². The number of benzene rings is 1. The van der Waals surface area contributed by atoms with E-state index in [0.717, 1.165) is 9.20 Å². The van der Waals surface area contributed by atoms with Crippen molar-refractivity contribution in [3.05, 3.63) is 24.3 Å². The molecule has 0 aliphatic rings. The summed E-state index contributed by atoms with van der Waals surface area (Å²) in [5.74, 6) is 0. The van der Waals surface area contributed by atoms with Crippen LogP contribution >= 0.6 is 11.8 Å². The summed E-state index contributed by atoms with van der Waals surface area (Å²) in [6.45, 7) is -0.146. The molecule has 0 radical (unpaired) electrons. The van der Waals surface area contributed by atoms with Crippen LogP contribution in [0.25, 0.3) is 0 Å². The van der Waals surface area contributed by atoms with Crippen molar-refractivity contribution in [1.29, 1.82) is 5.26 Å². The maximum Gasteiger partial charge on any atom is 0.243 e. The monoisotopic (exact) mass is 256 g/mol. The van der Waals surface area contributed by atoms with Crippen molar-refractivity contribution >= 4 is 21.8 Å². The first kappa shape index (κ1) is 13.0. The predicted molar refractivity (Wildman–Crippen MR) is 63.7 cm³/mol. The van der Waals surface area contributed by atoms with Gasteiger partial charge in [0.2, 0.25) is 10.0 Å². The molecule has 1 aromatic rings. The van der Waals surface area contributed by atoms with Crippen molar-refractivity contribution in [3.63, 3.8) is 0 Å². The van der Waals surface area contributed by atoms with Crippen LogP contribution in [0.2, 0.25) is 0 Å². The van der Waals surface area contributed by atoms with Crippen LogP contribution in [0.5, 0.6) is 0 Å². The van der Waals surface area contributed by atoms with Gasteiger partial charge in [-0.05, 0) is 30.5 Å². The Morgan fingerprint density at radius 3 is 2.38 bits per heavy atom. The van der Waals surface area contributed by atoms with Gasteiger partial charge in [0.25, 0.3) is 0 Å². The van der Waals surface area contributed by atoms with Gasteiger partial charge >= 0.3 is 0 Å². The Morgan fingerprint density at radius 1 is 1.38 bits per heavy atom. The Bertz CT molecular complexity index is 489. The summed E-state index contributed by atoms with van der Waals surface area (Å²) in [5.41, 5.74) is 0. The first-order valence-corrected chi connectivity index (χ1v) is 7.16. The number of rotatable bonds is 4. The Morgan fingerprint density at radius 2 is 1.94 bits per heavy atom. The van der Waals surface area contributed by atoms with Crippen molar-refractivity contribution in [1.82, 2.24) is 4.31 Å². The highest BCUT2D eigenvalue weighted by atomic mass is 32.2. The highest BCUT2D eigenvalue weighted by Crippen LogP contribution is 2.19. The summed E-state index contributed by atoms with van der Waals surface area (Å²) < 4.78 is 24.8. The smallest absolute Gasteiger partial charge is 0.207 e. The second-order valence-electron chi connectivity index (χ2n) is 3.09. The molecule has 0 spiro atoms. The second kappa shape index (κ2) is 5.34. The van der Waals surface area contributed by atoms with Crippen LogP contribution < -0.4 is 0 Å². The maximum absolute atomic E-state index is 11.9. The fraction of sp³-hybridized carbons (Fsp3) is 0.300. The topological polar surface area (TPSA) is 61.2 Å². The molecule has 0 saturated carbocycles. The van der Waals surface area contributed by atoms with Crippen molar-refractivity contribution in [2.24, 2.45) is 0 Å². The quantitative estimate of drug-likeness (QED) is 0.606. The Balaban J connectivity index is 3.04. The van der Waals surface area contributed by atoms with E-state index in [-0.39, 0.29) is 11.4 Å². The molecule has 0 bridgehead atoms. The number of hydrogen-bond donors (Lipinski definition) is 0. The fourth-order valence-electron chi connectivity index (χ4n) is 1.11. The Kier molecular flexibility index (Phi) is 4.35. The molecule has 1 rings (SSSR count). The van der Waals surface area contributed by atoms with Crippen molar-refractivity contribution in [2.45, 2.75) is 9.79 Å². The lowest BCUT2D eigenvalue weighted by molar-refractivity contribution is 0.501. The van der Waals surface area contributed by atoms with Gasteiger partial charge < -0.3 is 0 Å². The lowest BCUT2D eigenvalue weighted by Crippen LogP contribution is -2.27. The molecule has 6 heteroatoms. The summed E-state index contributed by atoms with van der Waals surface area (Å²) in [6, 6.07) is 8.41. The standard InChI is InChI=1S/C10H12N2O2S2/c1-12(8-7-11)16(13,14)10-5-3-9(15-2)4-6-10/h3-6H,8H2,1-2H3. The molecule has 0 unspecified atom stereocenters. The van der Waals surface area contributed by atoms with Gasteiger partial charge in [-0.15, -0.1) is 11.8 Å². The third-order valence-corrected chi connectivity index (χ3v) is 4.62. The lowest BCUT2D eigenvalue weighted by Gasteiger charge is -2.13. The third kappa shape index (κ3) is 2.76. The number of nitrogens with zero attached hydrogens (tertiary/aromatic N) is 2. The van der Waals surface area contributed by atoms with Crippen LogP contribution in [-0.2, 0) is 10.0 Å². The van der Waals surface area contributed by atoms with Crippen LogP contribution in [0.4, 0.5) is 0 Å². The molecule has 0 aromatic heterocycles. The van der Waals surface area contributed by atoms with E-state index in [4.69, 9.17) is 5.26 Å². The molecule has 0 aliphatic heterocycles. The highest BCUT2D eigenvalue weighted by Gasteiger charge is 2.19. The largest absolute Gasteiger partial charge is 0.243 e. The molecule has 0 heterocycles. The number of hydrogen-bond acceptors (Lipinski definition) is 4. The van der Waals surface area contributed by atoms with E-state index in [1.165, 1.54) is 7.05 Å². The summed E-state index contributed by atoms with van der Waals surface area (Å²) in [5, 5.41) is 8.47. The van der Waals surface area contributed by atoms with E-state index in [1.54, 1.807) is 36.0 Å². The van der Waals surface area contributed by atoms with Crippen LogP contribution in [0.1, 0.15) is 0 Å². The molecule has 86 valence electrons. The predicted octanol–water partition coefficient (Wildman–Crippen LogP) is 1.55. The minimum Gasteiger partial charge on any atom is -0.207 e. The number of thioether (sulfide) groups is 1. The normalized spacial score (nSPS) is 11.4. The van der Waals surface area contributed by atoms with Crippen molar-refractivity contribution in [2.75, 3.05) is 19.8 Å². The zero-order chi connectivity index (χ0) is 12.2. The summed E-state index contributed by atoms with van der Waals surface area (Å²) in [7, 11) is -2.13. The van der Waals surface area contributed by atoms with E-state index in [1.807, 2.05) is 12.3 Å². The molecule has 0 fully saturated rings. The van der Waals surface area contributed by atoms with Gasteiger partial charge in [0, 0.05) is 11.9 Å². The molecule has 0 N–H and O–H groups in total. The van der Waals surface area contributed by atoms with Crippen LogP contribution in [0, 0.1) is 11.3 Å². The molecule has 1 aromatic carbocycles. The molecular weight excluding hydrogens is 244 g/mol. The SMILES string of the molecule is CSc1ccc(S(=O)(=O)N(C)CC#N)cc1. The van der Waals surface area contributed by atoms with Gasteiger partial charge in [0.05, 0.1) is 11.0 Å². The maximum atomic E-state index is 11.9. The van der Waals surface area contributed by atoms with Gasteiger partial charge in [-0.3, -0.25) is 0 Å². The lowest BCUT2D eigenvalue weighted by atomic mass is 10.4. The third-order valence-electron chi connectivity index (χ3n) is 2.06. The van der Waals surface area contributed by atoms with Crippen LogP contribution in [-0.4, -0.2) is 32.6 Å². The van der Waals surface area contributed by atoms with Gasteiger partial charge in [-0.25, -0.2) is 8.42 Å². The summed E-state index contributed by atoms with van der Waals surface area (Å²) in [4.78, 5) is 1.21. The molecule has 0 amide bonds. The first-order chi connectivity index (χ1) is 7.52. The van der Waals surface area contributed by atoms with Crippen LogP contribution in [0.3, 0.4) is 0 Å². The minimum absolute atomic E-state index is 0.146. The van der Waals surface area contributed by atoms with Crippen molar-refractivity contribution < 1.29 is 8.42 Å². The van der Waals surface area contributed by atoms with E-state index in [9.17, 15) is 8.42 Å². The van der Waals surface area contributed by atoms with E-state index in [0.29, 0.717) is 0 Å². The first-order valence-electron chi connectivity index (χ1n) is 4.49. The highest BCUT2D eigenvalue weighted by molar-refractivity contribution is 7.98. The average Bonchev–Trinajstić information content (AvgIpc) is 2.29. The minimum atomic E-state index is -3.52. The van der Waals surface area contributed by atoms with E-state index in [2.05, 4.69) is 0 Å². The summed E-state index contributed by atoms with van der Waals surface area (Å²) in [6.07, 6.45) is 1.92. The molecule has 0 saturated heterocycles. The van der Waals surface area contributed by atoms with Gasteiger partial charge in [-0.2, -0.15) is 9.57 Å². The molecule has 0 atom stereocenters. The van der Waals surface area contributed by atoms with Gasteiger partial charge in [0.15, 0.2) is 0 Å². The number of sulfonamides is 1. The van der Waals surface area contributed by atoms with Gasteiger partial charge in [0.1, 0.15) is 6.54 Å². The molecule has 4 nitrogen and oxygen atoms in total. The average molecular weight is 256 g/mol. The molecule has 0 aliphatic carbocycles. The van der Waals surface area contributed by atoms with E-state index < -0.39 is 10.0 Å². The fourth-order valence-corrected chi connectivity index (χ4v) is 2.59. The summed E-state index contributed by atoms with van der Waals surface area (Å²) >= 11 is 1.55. The van der Waals surface area contributed by atoms with Crippen LogP contribution in [0.15, 0.2) is 34.1 Å². The molecule has 16 heavy (non-hydrogen) atoms. The molecular formula is C10H12N2O2S2. The Hall–Kier alpha value is -1.03. The van der Waals surface area contributed by atoms with Crippen molar-refractivity contribution in [3.8, 4) is 6.07 Å². The zero-order valence-electron chi connectivity index (χ0n) is 9.04. The van der Waals surface area contributed by atoms with Gasteiger partial charge in [-0.1, -0.05) is 0 Å². The zero-order valence-corrected chi connectivity index (χ0v) is 10.7. The second-order valence-corrected chi connectivity index (χ2v) is 6.02. The number of nitriles is 1.